The number of halogens is 4. The van der Waals surface area contributed by atoms with Gasteiger partial charge in [0.15, 0.2) is 0 Å². The van der Waals surface area contributed by atoms with Crippen LogP contribution in [0.5, 0.6) is 0 Å². The lowest BCUT2D eigenvalue weighted by molar-refractivity contribution is -0.137. The van der Waals surface area contributed by atoms with Crippen LogP contribution in [-0.4, -0.2) is 18.3 Å². The fourth-order valence-electron chi connectivity index (χ4n) is 1.27. The maximum absolute atomic E-state index is 12.1. The van der Waals surface area contributed by atoms with Gasteiger partial charge in [0.2, 0.25) is 0 Å². The van der Waals surface area contributed by atoms with E-state index in [0.29, 0.717) is 23.4 Å². The third-order valence-electron chi connectivity index (χ3n) is 2.68. The molecule has 0 aliphatic rings. The highest BCUT2D eigenvalue weighted by Gasteiger charge is 2.29. The van der Waals surface area contributed by atoms with E-state index in [1.54, 1.807) is 0 Å². The molecular weight excluding hydrogens is 338 g/mol. The normalized spacial score (nSPS) is 12.3. The van der Waals surface area contributed by atoms with Crippen molar-refractivity contribution in [1.82, 2.24) is 5.32 Å². The minimum Gasteiger partial charge on any atom is -0.317 e. The van der Waals surface area contributed by atoms with Gasteiger partial charge in [-0.15, -0.1) is 0 Å². The molecule has 1 nitrogen and oxygen atoms in total. The van der Waals surface area contributed by atoms with Crippen LogP contribution in [0.2, 0.25) is 0 Å². The third kappa shape index (κ3) is 17.6. The van der Waals surface area contributed by atoms with Crippen LogP contribution < -0.4 is 5.32 Å². The summed E-state index contributed by atoms with van der Waals surface area (Å²) in [6.07, 6.45) is -1.96. The second-order valence-electron chi connectivity index (χ2n) is 4.62. The quantitative estimate of drug-likeness (QED) is 0.449. The Labute approximate surface area is 150 Å². The fourth-order valence-corrected chi connectivity index (χ4v) is 1.42. The molecule has 0 saturated carbocycles. The predicted octanol–water partition coefficient (Wildman–Crippen LogP) is 6.59. The van der Waals surface area contributed by atoms with Crippen LogP contribution >= 0.6 is 12.6 Å². The zero-order chi connectivity index (χ0) is 19.8. The number of thiol groups is 1. The Morgan fingerprint density at radius 2 is 1.38 bits per heavy atom. The molecule has 2 unspecified atom stereocenters. The summed E-state index contributed by atoms with van der Waals surface area (Å²) in [6.45, 7) is 12.3. The van der Waals surface area contributed by atoms with E-state index >= 15 is 0 Å². The van der Waals surface area contributed by atoms with Crippen molar-refractivity contribution in [2.75, 3.05) is 7.05 Å². The van der Waals surface area contributed by atoms with Gasteiger partial charge in [0, 0.05) is 6.04 Å². The van der Waals surface area contributed by atoms with E-state index in [-0.39, 0.29) is 0 Å². The minimum atomic E-state index is -4.38. The van der Waals surface area contributed by atoms with Gasteiger partial charge < -0.3 is 5.32 Å². The van der Waals surface area contributed by atoms with E-state index in [1.165, 1.54) is 12.8 Å². The number of rotatable bonds is 4. The molecule has 0 bridgehead atoms. The van der Waals surface area contributed by atoms with Gasteiger partial charge in [0.25, 0.3) is 0 Å². The Morgan fingerprint density at radius 1 is 0.958 bits per heavy atom. The standard InChI is InChI=1S/C7H4F4.C7H17NS.2C2H6/c8-6-3-1-5(2-4-6)7(9,10)11;1-6(8-3)4-5-7(2)9;2*1-2/h1-4H;6-9H,4-5H2,1-3H3;2*1-2H3. The van der Waals surface area contributed by atoms with Crippen molar-refractivity contribution in [2.45, 2.75) is 71.9 Å². The summed E-state index contributed by atoms with van der Waals surface area (Å²) in [7, 11) is 1.99. The van der Waals surface area contributed by atoms with Crippen molar-refractivity contribution in [3.63, 3.8) is 0 Å². The van der Waals surface area contributed by atoms with Gasteiger partial charge >= 0.3 is 6.18 Å². The summed E-state index contributed by atoms with van der Waals surface area (Å²) in [5.74, 6) is -0.669. The van der Waals surface area contributed by atoms with E-state index in [4.69, 9.17) is 0 Å². The van der Waals surface area contributed by atoms with Gasteiger partial charge in [0.1, 0.15) is 5.82 Å². The van der Waals surface area contributed by atoms with Crippen LogP contribution in [0.25, 0.3) is 0 Å². The second kappa shape index (κ2) is 17.1. The molecule has 0 radical (unpaired) electrons. The SMILES string of the molecule is CC.CC.CNC(C)CCC(C)S.Fc1ccc(C(F)(F)F)cc1. The minimum absolute atomic E-state index is 0.542. The average Bonchev–Trinajstić information content (AvgIpc) is 2.56. The van der Waals surface area contributed by atoms with Crippen LogP contribution in [0.4, 0.5) is 17.6 Å². The first-order valence-electron chi connectivity index (χ1n) is 8.35. The summed E-state index contributed by atoms with van der Waals surface area (Å²) < 4.78 is 47.5. The maximum atomic E-state index is 12.1. The van der Waals surface area contributed by atoms with Crippen molar-refractivity contribution < 1.29 is 17.6 Å². The monoisotopic (exact) mass is 371 g/mol. The third-order valence-corrected chi connectivity index (χ3v) is 2.94. The molecule has 1 aromatic rings. The van der Waals surface area contributed by atoms with Crippen molar-refractivity contribution in [3.8, 4) is 0 Å². The van der Waals surface area contributed by atoms with E-state index < -0.39 is 17.6 Å². The van der Waals surface area contributed by atoms with E-state index in [1.807, 2.05) is 34.7 Å². The molecule has 0 fully saturated rings. The lowest BCUT2D eigenvalue weighted by Crippen LogP contribution is -2.21. The highest BCUT2D eigenvalue weighted by molar-refractivity contribution is 7.80. The number of benzene rings is 1. The molecule has 6 heteroatoms. The molecule has 0 amide bonds. The zero-order valence-electron chi connectivity index (χ0n) is 15.8. The predicted molar refractivity (Wildman–Crippen MR) is 100 cm³/mol. The van der Waals surface area contributed by atoms with Gasteiger partial charge in [-0.2, -0.15) is 25.8 Å². The van der Waals surface area contributed by atoms with Crippen molar-refractivity contribution >= 4 is 12.6 Å². The molecule has 1 N–H and O–H groups in total. The van der Waals surface area contributed by atoms with Crippen LogP contribution in [0.3, 0.4) is 0 Å². The largest absolute Gasteiger partial charge is 0.416 e. The molecule has 0 spiro atoms. The Bertz CT molecular complexity index is 364. The molecular formula is C18H33F4NS. The van der Waals surface area contributed by atoms with Gasteiger partial charge in [-0.05, 0) is 56.3 Å². The van der Waals surface area contributed by atoms with E-state index in [2.05, 4.69) is 31.8 Å². The van der Waals surface area contributed by atoms with Crippen LogP contribution in [-0.2, 0) is 6.18 Å². The first kappa shape index (κ1) is 28.1. The molecule has 0 saturated heterocycles. The van der Waals surface area contributed by atoms with Crippen molar-refractivity contribution in [2.24, 2.45) is 0 Å². The molecule has 0 aliphatic carbocycles. The molecule has 0 aromatic heterocycles. The molecule has 144 valence electrons. The molecule has 1 aromatic carbocycles. The Hall–Kier alpha value is -0.750. The fraction of sp³-hybridized carbons (Fsp3) is 0.667. The highest BCUT2D eigenvalue weighted by atomic mass is 32.1. The smallest absolute Gasteiger partial charge is 0.317 e. The first-order chi connectivity index (χ1) is 11.2. The van der Waals surface area contributed by atoms with Gasteiger partial charge in [-0.1, -0.05) is 34.6 Å². The number of nitrogens with one attached hydrogen (secondary N) is 1. The van der Waals surface area contributed by atoms with E-state index in [9.17, 15) is 17.6 Å². The number of hydrogen-bond acceptors (Lipinski definition) is 2. The van der Waals surface area contributed by atoms with Crippen molar-refractivity contribution in [1.29, 1.82) is 0 Å². The molecule has 0 heterocycles. The van der Waals surface area contributed by atoms with E-state index in [0.717, 1.165) is 12.1 Å². The topological polar surface area (TPSA) is 12.0 Å². The Balaban J connectivity index is -0.000000309. The zero-order valence-corrected chi connectivity index (χ0v) is 16.7. The van der Waals surface area contributed by atoms with Gasteiger partial charge in [-0.25, -0.2) is 4.39 Å². The second-order valence-corrected chi connectivity index (χ2v) is 5.50. The van der Waals surface area contributed by atoms with Crippen LogP contribution in [0.1, 0.15) is 59.9 Å². The Kier molecular flexibility index (Phi) is 20.0. The average molecular weight is 372 g/mol. The van der Waals surface area contributed by atoms with Crippen LogP contribution in [0, 0.1) is 5.82 Å². The summed E-state index contributed by atoms with van der Waals surface area (Å²) >= 11 is 4.28. The van der Waals surface area contributed by atoms with Gasteiger partial charge in [-0.3, -0.25) is 0 Å². The molecule has 2 atom stereocenters. The summed E-state index contributed by atoms with van der Waals surface area (Å²) in [5.41, 5.74) is -0.834. The molecule has 0 aliphatic heterocycles. The lowest BCUT2D eigenvalue weighted by atomic mass is 10.1. The summed E-state index contributed by atoms with van der Waals surface area (Å²) in [6, 6.07) is 3.61. The summed E-state index contributed by atoms with van der Waals surface area (Å²) in [5, 5.41) is 3.73. The lowest BCUT2D eigenvalue weighted by Gasteiger charge is -2.10. The highest BCUT2D eigenvalue weighted by Crippen LogP contribution is 2.28. The maximum Gasteiger partial charge on any atom is 0.416 e. The molecule has 1 rings (SSSR count). The number of hydrogen-bond donors (Lipinski definition) is 2. The molecule has 24 heavy (non-hydrogen) atoms. The number of alkyl halides is 3. The van der Waals surface area contributed by atoms with Crippen molar-refractivity contribution in [3.05, 3.63) is 35.6 Å². The van der Waals surface area contributed by atoms with Gasteiger partial charge in [0.05, 0.1) is 5.56 Å². The van der Waals surface area contributed by atoms with Crippen LogP contribution in [0.15, 0.2) is 24.3 Å². The first-order valence-corrected chi connectivity index (χ1v) is 8.86. The Morgan fingerprint density at radius 3 is 1.67 bits per heavy atom. The summed E-state index contributed by atoms with van der Waals surface area (Å²) in [4.78, 5) is 0.